The van der Waals surface area contributed by atoms with E-state index >= 15 is 0 Å². The Morgan fingerprint density at radius 3 is 2.84 bits per heavy atom. The van der Waals surface area contributed by atoms with E-state index in [1.807, 2.05) is 18.2 Å². The van der Waals surface area contributed by atoms with Crippen LogP contribution >= 0.6 is 0 Å². The van der Waals surface area contributed by atoms with Crippen LogP contribution in [-0.4, -0.2) is 46.0 Å². The first kappa shape index (κ1) is 19.3. The third kappa shape index (κ3) is 4.59. The fourth-order valence-corrected chi connectivity index (χ4v) is 3.94. The molecular formula is C25H26N6. The fraction of sp³-hybridized carbons (Fsp3) is 0.200. The highest BCUT2D eigenvalue weighted by atomic mass is 15.1. The maximum absolute atomic E-state index is 4.61. The fourth-order valence-electron chi connectivity index (χ4n) is 3.94. The molecule has 1 aliphatic rings. The molecule has 0 aliphatic carbocycles. The molecule has 2 aromatic heterocycles. The van der Waals surface area contributed by atoms with Gasteiger partial charge in [0.1, 0.15) is 5.82 Å². The van der Waals surface area contributed by atoms with E-state index in [2.05, 4.69) is 85.2 Å². The molecule has 4 aromatic rings. The van der Waals surface area contributed by atoms with Crippen LogP contribution in [0.3, 0.4) is 0 Å². The van der Waals surface area contributed by atoms with Gasteiger partial charge in [-0.3, -0.25) is 4.90 Å². The molecule has 6 nitrogen and oxygen atoms in total. The number of nitrogens with zero attached hydrogens (tertiary/aromatic N) is 3. The number of H-pyrrole nitrogens is 1. The molecule has 156 valence electrons. The Morgan fingerprint density at radius 2 is 1.90 bits per heavy atom. The van der Waals surface area contributed by atoms with Gasteiger partial charge in [0.15, 0.2) is 0 Å². The SMILES string of the molecule is C1=CCN(CCCNc2ccnc(Nc3cccc(-c4c[nH]c5ccccc45)c3)n2)C1. The van der Waals surface area contributed by atoms with E-state index in [1.54, 1.807) is 6.20 Å². The highest BCUT2D eigenvalue weighted by Gasteiger charge is 2.08. The molecule has 0 amide bonds. The summed E-state index contributed by atoms with van der Waals surface area (Å²) in [7, 11) is 0. The summed E-state index contributed by atoms with van der Waals surface area (Å²) in [5.74, 6) is 1.43. The molecule has 1 aliphatic heterocycles. The highest BCUT2D eigenvalue weighted by Crippen LogP contribution is 2.30. The molecule has 0 spiro atoms. The summed E-state index contributed by atoms with van der Waals surface area (Å²) in [6.07, 6.45) is 9.38. The maximum atomic E-state index is 4.61. The van der Waals surface area contributed by atoms with Crippen molar-refractivity contribution in [1.82, 2.24) is 19.9 Å². The quantitative estimate of drug-likeness (QED) is 0.280. The van der Waals surface area contributed by atoms with Gasteiger partial charge in [-0.15, -0.1) is 0 Å². The van der Waals surface area contributed by atoms with E-state index in [1.165, 1.54) is 10.9 Å². The van der Waals surface area contributed by atoms with Gasteiger partial charge >= 0.3 is 0 Å². The van der Waals surface area contributed by atoms with Gasteiger partial charge in [-0.2, -0.15) is 4.98 Å². The molecule has 0 fully saturated rings. The van der Waals surface area contributed by atoms with Crippen molar-refractivity contribution in [2.45, 2.75) is 6.42 Å². The monoisotopic (exact) mass is 410 g/mol. The van der Waals surface area contributed by atoms with Crippen molar-refractivity contribution in [3.05, 3.63) is 79.1 Å². The molecule has 0 bridgehead atoms. The molecule has 3 N–H and O–H groups in total. The first-order valence-corrected chi connectivity index (χ1v) is 10.7. The number of anilines is 3. The molecule has 0 atom stereocenters. The first-order chi connectivity index (χ1) is 15.3. The number of nitrogens with one attached hydrogen (secondary N) is 3. The van der Waals surface area contributed by atoms with E-state index in [0.29, 0.717) is 5.95 Å². The Balaban J connectivity index is 1.24. The number of rotatable bonds is 8. The van der Waals surface area contributed by atoms with Crippen LogP contribution in [0.15, 0.2) is 79.1 Å². The van der Waals surface area contributed by atoms with Crippen LogP contribution in [0.4, 0.5) is 17.5 Å². The van der Waals surface area contributed by atoms with E-state index < -0.39 is 0 Å². The minimum absolute atomic E-state index is 0.588. The number of aromatic amines is 1. The van der Waals surface area contributed by atoms with Gasteiger partial charge in [0.2, 0.25) is 5.95 Å². The second kappa shape index (κ2) is 9.02. The van der Waals surface area contributed by atoms with E-state index in [9.17, 15) is 0 Å². The summed E-state index contributed by atoms with van der Waals surface area (Å²) in [6.45, 7) is 4.12. The third-order valence-corrected chi connectivity index (χ3v) is 5.53. The van der Waals surface area contributed by atoms with Gasteiger partial charge in [0.05, 0.1) is 0 Å². The van der Waals surface area contributed by atoms with Crippen molar-refractivity contribution < 1.29 is 0 Å². The number of fused-ring (bicyclic) bond motifs is 1. The van der Waals surface area contributed by atoms with Crippen molar-refractivity contribution in [3.63, 3.8) is 0 Å². The highest BCUT2D eigenvalue weighted by molar-refractivity contribution is 5.96. The van der Waals surface area contributed by atoms with Gasteiger partial charge < -0.3 is 15.6 Å². The van der Waals surface area contributed by atoms with Crippen molar-refractivity contribution >= 4 is 28.4 Å². The molecule has 31 heavy (non-hydrogen) atoms. The third-order valence-electron chi connectivity index (χ3n) is 5.53. The molecule has 0 saturated carbocycles. The summed E-state index contributed by atoms with van der Waals surface area (Å²) in [5.41, 5.74) is 4.43. The number of aromatic nitrogens is 3. The van der Waals surface area contributed by atoms with Crippen molar-refractivity contribution in [2.75, 3.05) is 36.8 Å². The molecule has 0 saturated heterocycles. The summed E-state index contributed by atoms with van der Waals surface area (Å²) in [5, 5.41) is 7.96. The summed E-state index contributed by atoms with van der Waals surface area (Å²) >= 11 is 0. The largest absolute Gasteiger partial charge is 0.370 e. The van der Waals surface area contributed by atoms with Crippen molar-refractivity contribution in [2.24, 2.45) is 0 Å². The second-order valence-corrected chi connectivity index (χ2v) is 7.73. The molecule has 0 radical (unpaired) electrons. The number of hydrogen-bond donors (Lipinski definition) is 3. The topological polar surface area (TPSA) is 68.9 Å². The van der Waals surface area contributed by atoms with Gasteiger partial charge in [0.25, 0.3) is 0 Å². The lowest BCUT2D eigenvalue weighted by Gasteiger charge is -2.14. The van der Waals surface area contributed by atoms with Gasteiger partial charge in [-0.1, -0.05) is 42.5 Å². The Kier molecular flexibility index (Phi) is 5.62. The van der Waals surface area contributed by atoms with Crippen LogP contribution in [0.5, 0.6) is 0 Å². The zero-order chi connectivity index (χ0) is 20.9. The Hall–Kier alpha value is -3.64. The van der Waals surface area contributed by atoms with Crippen molar-refractivity contribution in [1.29, 1.82) is 0 Å². The van der Waals surface area contributed by atoms with Gasteiger partial charge in [-0.25, -0.2) is 4.98 Å². The summed E-state index contributed by atoms with van der Waals surface area (Å²) in [4.78, 5) is 14.8. The predicted molar refractivity (Wildman–Crippen MR) is 128 cm³/mol. The van der Waals surface area contributed by atoms with E-state index in [0.717, 1.165) is 55.2 Å². The smallest absolute Gasteiger partial charge is 0.229 e. The predicted octanol–water partition coefficient (Wildman–Crippen LogP) is 5.04. The maximum Gasteiger partial charge on any atom is 0.229 e. The Bertz CT molecular complexity index is 1190. The standard InChI is InChI=1S/C25H26N6/c1-2-10-23-21(9-1)22(18-28-23)19-7-5-8-20(17-19)29-25-27-13-11-24(30-25)26-12-6-16-31-14-3-4-15-31/h1-5,7-11,13,17-18,28H,6,12,14-16H2,(H2,26,27,29,30). The van der Waals surface area contributed by atoms with Crippen LogP contribution in [-0.2, 0) is 0 Å². The van der Waals surface area contributed by atoms with Crippen LogP contribution in [0.1, 0.15) is 6.42 Å². The van der Waals surface area contributed by atoms with Crippen LogP contribution < -0.4 is 10.6 Å². The normalized spacial score (nSPS) is 13.7. The van der Waals surface area contributed by atoms with Crippen LogP contribution in [0, 0.1) is 0 Å². The zero-order valence-corrected chi connectivity index (χ0v) is 17.4. The zero-order valence-electron chi connectivity index (χ0n) is 17.4. The number of benzene rings is 2. The summed E-state index contributed by atoms with van der Waals surface area (Å²) in [6, 6.07) is 18.6. The summed E-state index contributed by atoms with van der Waals surface area (Å²) < 4.78 is 0. The Morgan fingerprint density at radius 1 is 1.00 bits per heavy atom. The lowest BCUT2D eigenvalue weighted by molar-refractivity contribution is 0.351. The lowest BCUT2D eigenvalue weighted by atomic mass is 10.0. The number of hydrogen-bond acceptors (Lipinski definition) is 5. The van der Waals surface area contributed by atoms with E-state index in [-0.39, 0.29) is 0 Å². The average Bonchev–Trinajstić information content (AvgIpc) is 3.47. The minimum atomic E-state index is 0.588. The first-order valence-electron chi connectivity index (χ1n) is 10.7. The molecule has 3 heterocycles. The van der Waals surface area contributed by atoms with Crippen LogP contribution in [0.2, 0.25) is 0 Å². The molecule has 2 aromatic carbocycles. The molecule has 6 heteroatoms. The molecule has 0 unspecified atom stereocenters. The molecule has 5 rings (SSSR count). The minimum Gasteiger partial charge on any atom is -0.370 e. The van der Waals surface area contributed by atoms with Crippen LogP contribution in [0.25, 0.3) is 22.0 Å². The Labute approximate surface area is 182 Å². The van der Waals surface area contributed by atoms with Gasteiger partial charge in [-0.05, 0) is 36.2 Å². The number of para-hydroxylation sites is 1. The lowest BCUT2D eigenvalue weighted by Crippen LogP contribution is -2.23. The van der Waals surface area contributed by atoms with Gasteiger partial charge in [0, 0.05) is 60.7 Å². The van der Waals surface area contributed by atoms with Crippen molar-refractivity contribution in [3.8, 4) is 11.1 Å². The molecular weight excluding hydrogens is 384 g/mol. The van der Waals surface area contributed by atoms with E-state index in [4.69, 9.17) is 0 Å². The second-order valence-electron chi connectivity index (χ2n) is 7.73. The average molecular weight is 411 g/mol.